The van der Waals surface area contributed by atoms with Crippen LogP contribution in [0.3, 0.4) is 0 Å². The maximum atomic E-state index is 12.2. The van der Waals surface area contributed by atoms with Crippen molar-refractivity contribution in [3.8, 4) is 6.07 Å². The minimum absolute atomic E-state index is 0.0633. The predicted octanol–water partition coefficient (Wildman–Crippen LogP) is 1.24. The normalized spacial score (nSPS) is 23.1. The van der Waals surface area contributed by atoms with Gasteiger partial charge in [0.25, 0.3) is 0 Å². The van der Waals surface area contributed by atoms with Crippen molar-refractivity contribution in [1.29, 1.82) is 5.26 Å². The number of carbonyl (C=O) groups is 1. The molecule has 2 atom stereocenters. The third-order valence-corrected chi connectivity index (χ3v) is 4.38. The van der Waals surface area contributed by atoms with E-state index in [4.69, 9.17) is 5.73 Å². The smallest absolute Gasteiger partial charge is 0.235 e. The molecule has 1 rings (SSSR count). The van der Waals surface area contributed by atoms with Gasteiger partial charge in [0.1, 0.15) is 5.54 Å². The Labute approximate surface area is 122 Å². The van der Waals surface area contributed by atoms with E-state index in [2.05, 4.69) is 16.3 Å². The van der Waals surface area contributed by atoms with Crippen molar-refractivity contribution in [3.63, 3.8) is 0 Å². The molecule has 0 spiro atoms. The van der Waals surface area contributed by atoms with E-state index < -0.39 is 5.54 Å². The summed E-state index contributed by atoms with van der Waals surface area (Å²) in [5.41, 5.74) is 4.85. The molecule has 0 aromatic carbocycles. The number of carbonyl (C=O) groups excluding carboxylic acids is 1. The van der Waals surface area contributed by atoms with E-state index in [9.17, 15) is 10.1 Å². The SMILES string of the molecule is CC(C)C(C)(C#N)NC(=O)CN1CCCCC1CCN. The molecule has 0 saturated carbocycles. The second-order valence-electron chi connectivity index (χ2n) is 6.21. The van der Waals surface area contributed by atoms with Gasteiger partial charge < -0.3 is 11.1 Å². The Hall–Kier alpha value is -1.12. The standard InChI is InChI=1S/C15H28N4O/c1-12(2)15(3,11-17)18-14(20)10-19-9-5-4-6-13(19)7-8-16/h12-13H,4-10,16H2,1-3H3,(H,18,20). The van der Waals surface area contributed by atoms with Crippen LogP contribution < -0.4 is 11.1 Å². The molecule has 20 heavy (non-hydrogen) atoms. The summed E-state index contributed by atoms with van der Waals surface area (Å²) in [7, 11) is 0. The molecule has 0 radical (unpaired) electrons. The molecule has 0 bridgehead atoms. The summed E-state index contributed by atoms with van der Waals surface area (Å²) in [6.07, 6.45) is 4.40. The lowest BCUT2D eigenvalue weighted by molar-refractivity contribution is -0.124. The Balaban J connectivity index is 2.58. The van der Waals surface area contributed by atoms with Crippen molar-refractivity contribution in [2.75, 3.05) is 19.6 Å². The molecular weight excluding hydrogens is 252 g/mol. The van der Waals surface area contributed by atoms with Crippen molar-refractivity contribution < 1.29 is 4.79 Å². The molecular formula is C15H28N4O. The fourth-order valence-electron chi connectivity index (χ4n) is 2.60. The Morgan fingerprint density at radius 2 is 2.25 bits per heavy atom. The van der Waals surface area contributed by atoms with Crippen molar-refractivity contribution in [2.24, 2.45) is 11.7 Å². The van der Waals surface area contributed by atoms with E-state index in [-0.39, 0.29) is 11.8 Å². The van der Waals surface area contributed by atoms with E-state index in [0.29, 0.717) is 19.1 Å². The Morgan fingerprint density at radius 1 is 1.55 bits per heavy atom. The van der Waals surface area contributed by atoms with Gasteiger partial charge in [-0.1, -0.05) is 20.3 Å². The van der Waals surface area contributed by atoms with Gasteiger partial charge in [-0.05, 0) is 45.2 Å². The summed E-state index contributed by atoms with van der Waals surface area (Å²) in [5.74, 6) is 0.0179. The van der Waals surface area contributed by atoms with Gasteiger partial charge in [-0.25, -0.2) is 0 Å². The van der Waals surface area contributed by atoms with Crippen LogP contribution in [0, 0.1) is 17.2 Å². The van der Waals surface area contributed by atoms with Crippen molar-refractivity contribution >= 4 is 5.91 Å². The van der Waals surface area contributed by atoms with Gasteiger partial charge >= 0.3 is 0 Å². The number of nitrogens with zero attached hydrogens (tertiary/aromatic N) is 2. The summed E-state index contributed by atoms with van der Waals surface area (Å²) in [6, 6.07) is 2.62. The van der Waals surface area contributed by atoms with Crippen LogP contribution in [0.15, 0.2) is 0 Å². The summed E-state index contributed by atoms with van der Waals surface area (Å²) >= 11 is 0. The zero-order valence-electron chi connectivity index (χ0n) is 13.0. The molecule has 0 aromatic heterocycles. The van der Waals surface area contributed by atoms with Crippen LogP contribution in [0.5, 0.6) is 0 Å². The molecule has 1 heterocycles. The minimum atomic E-state index is -0.795. The monoisotopic (exact) mass is 280 g/mol. The largest absolute Gasteiger partial charge is 0.337 e. The number of amides is 1. The van der Waals surface area contributed by atoms with Crippen molar-refractivity contribution in [3.05, 3.63) is 0 Å². The summed E-state index contributed by atoms with van der Waals surface area (Å²) in [4.78, 5) is 14.4. The molecule has 1 saturated heterocycles. The van der Waals surface area contributed by atoms with Crippen LogP contribution in [-0.2, 0) is 4.79 Å². The number of hydrogen-bond acceptors (Lipinski definition) is 4. The highest BCUT2D eigenvalue weighted by molar-refractivity contribution is 5.79. The number of nitriles is 1. The van der Waals surface area contributed by atoms with Crippen LogP contribution in [0.1, 0.15) is 46.5 Å². The molecule has 1 amide bonds. The first kappa shape index (κ1) is 16.9. The first-order valence-electron chi connectivity index (χ1n) is 7.59. The molecule has 1 aliphatic rings. The van der Waals surface area contributed by atoms with Crippen molar-refractivity contribution in [1.82, 2.24) is 10.2 Å². The summed E-state index contributed by atoms with van der Waals surface area (Å²) in [5, 5.41) is 12.1. The highest BCUT2D eigenvalue weighted by Crippen LogP contribution is 2.19. The van der Waals surface area contributed by atoms with Crippen LogP contribution in [-0.4, -0.2) is 42.0 Å². The maximum absolute atomic E-state index is 12.2. The predicted molar refractivity (Wildman–Crippen MR) is 79.9 cm³/mol. The molecule has 5 nitrogen and oxygen atoms in total. The maximum Gasteiger partial charge on any atom is 0.235 e. The topological polar surface area (TPSA) is 82.2 Å². The number of likely N-dealkylation sites (tertiary alicyclic amines) is 1. The highest BCUT2D eigenvalue weighted by atomic mass is 16.2. The third-order valence-electron chi connectivity index (χ3n) is 4.38. The molecule has 5 heteroatoms. The van der Waals surface area contributed by atoms with Gasteiger partial charge in [0.05, 0.1) is 12.6 Å². The number of nitrogens with one attached hydrogen (secondary N) is 1. The van der Waals surface area contributed by atoms with Gasteiger partial charge in [0, 0.05) is 6.04 Å². The minimum Gasteiger partial charge on any atom is -0.337 e. The van der Waals surface area contributed by atoms with Gasteiger partial charge in [0.2, 0.25) is 5.91 Å². The summed E-state index contributed by atoms with van der Waals surface area (Å²) < 4.78 is 0. The first-order chi connectivity index (χ1) is 9.42. The highest BCUT2D eigenvalue weighted by Gasteiger charge is 2.31. The number of hydrogen-bond donors (Lipinski definition) is 2. The molecule has 0 aliphatic carbocycles. The number of piperidine rings is 1. The summed E-state index contributed by atoms with van der Waals surface area (Å²) in [6.45, 7) is 7.65. The lowest BCUT2D eigenvalue weighted by Crippen LogP contribution is -2.53. The van der Waals surface area contributed by atoms with Gasteiger partial charge in [-0.3, -0.25) is 9.69 Å². The van der Waals surface area contributed by atoms with Crippen LogP contribution in [0.2, 0.25) is 0 Å². The molecule has 1 fully saturated rings. The van der Waals surface area contributed by atoms with Crippen molar-refractivity contribution in [2.45, 2.75) is 58.0 Å². The molecule has 0 aromatic rings. The fraction of sp³-hybridized carbons (Fsp3) is 0.867. The fourth-order valence-corrected chi connectivity index (χ4v) is 2.60. The van der Waals surface area contributed by atoms with Crippen LogP contribution in [0.4, 0.5) is 0 Å². The van der Waals surface area contributed by atoms with E-state index in [1.807, 2.05) is 13.8 Å². The van der Waals surface area contributed by atoms with E-state index in [1.54, 1.807) is 6.92 Å². The molecule has 114 valence electrons. The van der Waals surface area contributed by atoms with Crippen LogP contribution in [0.25, 0.3) is 0 Å². The Bertz CT molecular complexity index is 361. The van der Waals surface area contributed by atoms with Gasteiger partial charge in [0.15, 0.2) is 0 Å². The first-order valence-corrected chi connectivity index (χ1v) is 7.59. The quantitative estimate of drug-likeness (QED) is 0.767. The Kier molecular flexibility index (Phi) is 6.44. The zero-order chi connectivity index (χ0) is 15.2. The van der Waals surface area contributed by atoms with E-state index in [0.717, 1.165) is 25.8 Å². The average Bonchev–Trinajstić information content (AvgIpc) is 2.40. The molecule has 2 unspecified atom stereocenters. The molecule has 3 N–H and O–H groups in total. The lowest BCUT2D eigenvalue weighted by atomic mass is 9.90. The molecule has 1 aliphatic heterocycles. The zero-order valence-corrected chi connectivity index (χ0v) is 13.0. The van der Waals surface area contributed by atoms with Gasteiger partial charge in [-0.2, -0.15) is 5.26 Å². The van der Waals surface area contributed by atoms with Crippen LogP contribution >= 0.6 is 0 Å². The second kappa shape index (κ2) is 7.61. The second-order valence-corrected chi connectivity index (χ2v) is 6.21. The lowest BCUT2D eigenvalue weighted by Gasteiger charge is -2.36. The third kappa shape index (κ3) is 4.46. The van der Waals surface area contributed by atoms with Gasteiger partial charge in [-0.15, -0.1) is 0 Å². The van der Waals surface area contributed by atoms with E-state index in [1.165, 1.54) is 6.42 Å². The average molecular weight is 280 g/mol. The Morgan fingerprint density at radius 3 is 2.80 bits per heavy atom. The number of rotatable bonds is 6. The van der Waals surface area contributed by atoms with E-state index >= 15 is 0 Å². The number of nitrogens with two attached hydrogens (primary N) is 1.